The second-order valence-electron chi connectivity index (χ2n) is 5.06. The normalized spacial score (nSPS) is 16.6. The van der Waals surface area contributed by atoms with Gasteiger partial charge in [-0.25, -0.2) is 0 Å². The molecule has 116 valence electrons. The fourth-order valence-corrected chi connectivity index (χ4v) is 2.62. The third-order valence-corrected chi connectivity index (χ3v) is 3.90. The first-order chi connectivity index (χ1) is 10.1. The van der Waals surface area contributed by atoms with Crippen molar-refractivity contribution < 1.29 is 13.6 Å². The highest BCUT2D eigenvalue weighted by Crippen LogP contribution is 2.19. The summed E-state index contributed by atoms with van der Waals surface area (Å²) in [7, 11) is 0. The minimum Gasteiger partial charge on any atom is -0.772 e. The average Bonchev–Trinajstić information content (AvgIpc) is 2.47. The zero-order valence-corrected chi connectivity index (χ0v) is 12.9. The molecular weight excluding hydrogens is 290 g/mol. The maximum Gasteiger partial charge on any atom is 0.251 e. The molecule has 1 aliphatic rings. The molecule has 1 heterocycles. The molecule has 2 N–H and O–H groups in total. The first kappa shape index (κ1) is 15.9. The standard InChI is InChI=1S/C14H21N3O3S/c1-11-8-12(14(18)16-4-7-21(19)20)10-13(9-11)17-5-2-15-3-6-17/h8-10,15H,2-7H2,1H3,(H,16,18)(H,19,20)/p-1. The number of benzene rings is 1. The van der Waals surface area contributed by atoms with E-state index >= 15 is 0 Å². The zero-order valence-electron chi connectivity index (χ0n) is 12.1. The van der Waals surface area contributed by atoms with E-state index in [0.29, 0.717) is 5.56 Å². The summed E-state index contributed by atoms with van der Waals surface area (Å²) in [5, 5.41) is 5.92. The summed E-state index contributed by atoms with van der Waals surface area (Å²) in [6.45, 7) is 5.79. The molecule has 1 fully saturated rings. The van der Waals surface area contributed by atoms with Crippen LogP contribution in [0.25, 0.3) is 0 Å². The molecule has 2 rings (SSSR count). The molecule has 6 nitrogen and oxygen atoms in total. The van der Waals surface area contributed by atoms with Gasteiger partial charge in [-0.1, -0.05) is 11.1 Å². The molecule has 7 heteroatoms. The summed E-state index contributed by atoms with van der Waals surface area (Å²) in [4.78, 5) is 14.3. The van der Waals surface area contributed by atoms with Crippen LogP contribution < -0.4 is 15.5 Å². The van der Waals surface area contributed by atoms with Gasteiger partial charge in [0.05, 0.1) is 0 Å². The van der Waals surface area contributed by atoms with E-state index in [0.717, 1.165) is 37.4 Å². The van der Waals surface area contributed by atoms with Gasteiger partial charge in [0, 0.05) is 49.7 Å². The van der Waals surface area contributed by atoms with Crippen molar-refractivity contribution >= 4 is 22.7 Å². The van der Waals surface area contributed by atoms with Crippen LogP contribution in [0.5, 0.6) is 0 Å². The van der Waals surface area contributed by atoms with Crippen molar-refractivity contribution in [3.8, 4) is 0 Å². The summed E-state index contributed by atoms with van der Waals surface area (Å²) >= 11 is -2.13. The average molecular weight is 310 g/mol. The third kappa shape index (κ3) is 4.80. The van der Waals surface area contributed by atoms with Crippen LogP contribution >= 0.6 is 0 Å². The van der Waals surface area contributed by atoms with Gasteiger partial charge < -0.3 is 20.1 Å². The summed E-state index contributed by atoms with van der Waals surface area (Å²) in [5.41, 5.74) is 2.62. The topological polar surface area (TPSA) is 84.5 Å². The number of anilines is 1. The Labute approximate surface area is 127 Å². The van der Waals surface area contributed by atoms with Gasteiger partial charge in [-0.15, -0.1) is 0 Å². The van der Waals surface area contributed by atoms with Crippen LogP contribution in [0.1, 0.15) is 15.9 Å². The van der Waals surface area contributed by atoms with E-state index in [4.69, 9.17) is 0 Å². The Hall–Kier alpha value is -1.44. The van der Waals surface area contributed by atoms with Gasteiger partial charge in [-0.2, -0.15) is 0 Å². The molecule has 1 aliphatic heterocycles. The SMILES string of the molecule is Cc1cc(C(=O)NCCS(=O)[O-])cc(N2CCNCC2)c1. The molecule has 1 aromatic rings. The van der Waals surface area contributed by atoms with Crippen molar-refractivity contribution in [2.75, 3.05) is 43.4 Å². The molecular formula is C14H20N3O3S-. The monoisotopic (exact) mass is 310 g/mol. The van der Waals surface area contributed by atoms with E-state index in [1.54, 1.807) is 0 Å². The van der Waals surface area contributed by atoms with Crippen LogP contribution in [-0.4, -0.2) is 53.1 Å². The van der Waals surface area contributed by atoms with E-state index in [2.05, 4.69) is 21.6 Å². The molecule has 0 saturated carbocycles. The highest BCUT2D eigenvalue weighted by molar-refractivity contribution is 7.79. The highest BCUT2D eigenvalue weighted by atomic mass is 32.2. The molecule has 0 aliphatic carbocycles. The Kier molecular flexibility index (Phi) is 5.72. The van der Waals surface area contributed by atoms with Gasteiger partial charge >= 0.3 is 0 Å². The molecule has 1 atom stereocenters. The Morgan fingerprint density at radius 3 is 2.76 bits per heavy atom. The van der Waals surface area contributed by atoms with Gasteiger partial charge in [0.15, 0.2) is 0 Å². The Bertz CT molecular complexity index is 530. The molecule has 1 aromatic carbocycles. The largest absolute Gasteiger partial charge is 0.772 e. The number of rotatable bonds is 5. The van der Waals surface area contributed by atoms with E-state index in [1.807, 2.05) is 19.1 Å². The highest BCUT2D eigenvalue weighted by Gasteiger charge is 2.13. The van der Waals surface area contributed by atoms with Gasteiger partial charge in [0.25, 0.3) is 5.91 Å². The van der Waals surface area contributed by atoms with E-state index in [-0.39, 0.29) is 18.2 Å². The van der Waals surface area contributed by atoms with Crippen LogP contribution in [0, 0.1) is 6.92 Å². The van der Waals surface area contributed by atoms with Crippen molar-refractivity contribution in [2.45, 2.75) is 6.92 Å². The van der Waals surface area contributed by atoms with Crippen molar-refractivity contribution in [2.24, 2.45) is 0 Å². The van der Waals surface area contributed by atoms with Gasteiger partial charge in [-0.05, 0) is 30.7 Å². The van der Waals surface area contributed by atoms with Crippen LogP contribution in [0.15, 0.2) is 18.2 Å². The second kappa shape index (κ2) is 7.53. The number of hydrogen-bond acceptors (Lipinski definition) is 5. The fraction of sp³-hybridized carbons (Fsp3) is 0.500. The molecule has 1 amide bonds. The van der Waals surface area contributed by atoms with Crippen LogP contribution in [0.2, 0.25) is 0 Å². The lowest BCUT2D eigenvalue weighted by Crippen LogP contribution is -2.43. The molecule has 1 unspecified atom stereocenters. The molecule has 0 spiro atoms. The second-order valence-corrected chi connectivity index (χ2v) is 6.07. The van der Waals surface area contributed by atoms with Gasteiger partial charge in [0.2, 0.25) is 0 Å². The third-order valence-electron chi connectivity index (χ3n) is 3.36. The number of aryl methyl sites for hydroxylation is 1. The zero-order chi connectivity index (χ0) is 15.2. The number of carbonyl (C=O) groups excluding carboxylic acids is 1. The molecule has 1 saturated heterocycles. The summed E-state index contributed by atoms with van der Waals surface area (Å²) in [6.07, 6.45) is 0. The van der Waals surface area contributed by atoms with E-state index in [9.17, 15) is 13.6 Å². The molecule has 0 bridgehead atoms. The number of carbonyl (C=O) groups is 1. The number of piperazine rings is 1. The predicted octanol–water partition coefficient (Wildman–Crippen LogP) is 0.0135. The maximum absolute atomic E-state index is 12.1. The molecule has 0 aromatic heterocycles. The Morgan fingerprint density at radius 2 is 2.10 bits per heavy atom. The van der Waals surface area contributed by atoms with Gasteiger partial charge in [-0.3, -0.25) is 9.00 Å². The minimum absolute atomic E-state index is 0.0673. The van der Waals surface area contributed by atoms with Crippen molar-refractivity contribution in [1.29, 1.82) is 0 Å². The Balaban J connectivity index is 2.06. The van der Waals surface area contributed by atoms with E-state index < -0.39 is 11.1 Å². The van der Waals surface area contributed by atoms with Crippen molar-refractivity contribution in [1.82, 2.24) is 10.6 Å². The van der Waals surface area contributed by atoms with E-state index in [1.165, 1.54) is 0 Å². The maximum atomic E-state index is 12.1. The minimum atomic E-state index is -2.13. The van der Waals surface area contributed by atoms with Crippen LogP contribution in [-0.2, 0) is 11.1 Å². The number of nitrogens with one attached hydrogen (secondary N) is 2. The smallest absolute Gasteiger partial charge is 0.251 e. The quantitative estimate of drug-likeness (QED) is 0.749. The molecule has 0 radical (unpaired) electrons. The summed E-state index contributed by atoms with van der Waals surface area (Å²) in [5.74, 6) is -0.303. The number of hydrogen-bond donors (Lipinski definition) is 2. The van der Waals surface area contributed by atoms with Crippen LogP contribution in [0.3, 0.4) is 0 Å². The predicted molar refractivity (Wildman–Crippen MR) is 82.4 cm³/mol. The van der Waals surface area contributed by atoms with Crippen LogP contribution in [0.4, 0.5) is 5.69 Å². The lowest BCUT2D eigenvalue weighted by atomic mass is 10.1. The van der Waals surface area contributed by atoms with Crippen molar-refractivity contribution in [3.63, 3.8) is 0 Å². The van der Waals surface area contributed by atoms with Crippen molar-refractivity contribution in [3.05, 3.63) is 29.3 Å². The Morgan fingerprint density at radius 1 is 1.38 bits per heavy atom. The molecule has 21 heavy (non-hydrogen) atoms. The fourth-order valence-electron chi connectivity index (χ4n) is 2.35. The first-order valence-corrected chi connectivity index (χ1v) is 8.22. The number of amides is 1. The lowest BCUT2D eigenvalue weighted by Gasteiger charge is -2.30. The van der Waals surface area contributed by atoms with Gasteiger partial charge in [0.1, 0.15) is 0 Å². The summed E-state index contributed by atoms with van der Waals surface area (Å²) in [6, 6.07) is 5.74. The summed E-state index contributed by atoms with van der Waals surface area (Å²) < 4.78 is 20.9. The first-order valence-electron chi connectivity index (χ1n) is 6.97. The number of nitrogens with zero attached hydrogens (tertiary/aromatic N) is 1. The lowest BCUT2D eigenvalue weighted by molar-refractivity contribution is 0.0956.